The number of aromatic nitrogens is 4. The maximum atomic E-state index is 5.91. The molecule has 86 valence electrons. The zero-order chi connectivity index (χ0) is 11.6. The van der Waals surface area contributed by atoms with Gasteiger partial charge in [-0.25, -0.2) is 4.98 Å². The largest absolute Gasteiger partial charge is 0.329 e. The first-order chi connectivity index (χ1) is 7.77. The molecule has 2 rings (SSSR count). The summed E-state index contributed by atoms with van der Waals surface area (Å²) in [7, 11) is 0. The van der Waals surface area contributed by atoms with Gasteiger partial charge in [-0.3, -0.25) is 4.40 Å². The van der Waals surface area contributed by atoms with Crippen LogP contribution in [-0.2, 0) is 5.41 Å². The second-order valence-corrected chi connectivity index (χ2v) is 4.02. The Kier molecular flexibility index (Phi) is 2.87. The van der Waals surface area contributed by atoms with Crippen molar-refractivity contribution in [3.05, 3.63) is 24.4 Å². The number of fused-ring (bicyclic) bond motifs is 1. The highest BCUT2D eigenvalue weighted by molar-refractivity contribution is 5.36. The van der Waals surface area contributed by atoms with E-state index in [1.165, 1.54) is 0 Å². The number of nitrogens with zero attached hydrogens (tertiary/aromatic N) is 4. The number of hydrogen-bond donors (Lipinski definition) is 1. The molecule has 0 aromatic carbocycles. The van der Waals surface area contributed by atoms with Crippen LogP contribution in [0.3, 0.4) is 0 Å². The molecule has 0 amide bonds. The fourth-order valence-corrected chi connectivity index (χ4v) is 2.05. The third kappa shape index (κ3) is 1.48. The van der Waals surface area contributed by atoms with Gasteiger partial charge >= 0.3 is 0 Å². The summed E-state index contributed by atoms with van der Waals surface area (Å²) < 4.78 is 1.93. The van der Waals surface area contributed by atoms with Gasteiger partial charge in [0.05, 0.1) is 0 Å². The molecule has 0 fully saturated rings. The van der Waals surface area contributed by atoms with Crippen molar-refractivity contribution in [2.45, 2.75) is 32.1 Å². The van der Waals surface area contributed by atoms with E-state index in [9.17, 15) is 0 Å². The van der Waals surface area contributed by atoms with Crippen LogP contribution in [0.5, 0.6) is 0 Å². The molecule has 5 nitrogen and oxygen atoms in total. The minimum atomic E-state index is -0.0948. The van der Waals surface area contributed by atoms with E-state index in [-0.39, 0.29) is 5.41 Å². The molecule has 5 heteroatoms. The Morgan fingerprint density at radius 2 is 2.06 bits per heavy atom. The van der Waals surface area contributed by atoms with E-state index in [1.54, 1.807) is 12.5 Å². The molecule has 0 unspecified atom stereocenters. The van der Waals surface area contributed by atoms with E-state index in [1.807, 2.05) is 10.5 Å². The van der Waals surface area contributed by atoms with Crippen molar-refractivity contribution in [2.24, 2.45) is 5.73 Å². The average Bonchev–Trinajstić information content (AvgIpc) is 2.77. The molecular formula is C11H17N5. The second-order valence-electron chi connectivity index (χ2n) is 4.02. The highest BCUT2D eigenvalue weighted by Crippen LogP contribution is 2.28. The molecule has 2 heterocycles. The molecular weight excluding hydrogens is 202 g/mol. The Balaban J connectivity index is 2.61. The normalized spacial score (nSPS) is 12.2. The quantitative estimate of drug-likeness (QED) is 0.837. The zero-order valence-electron chi connectivity index (χ0n) is 9.72. The standard InChI is InChI=1S/C11H17N5/c1-3-11(4-2,7-12)10-15-14-9-5-6-13-8-16(9)10/h5-6,8H,3-4,7,12H2,1-2H3. The molecule has 0 aliphatic heterocycles. The Morgan fingerprint density at radius 1 is 1.31 bits per heavy atom. The predicted molar refractivity (Wildman–Crippen MR) is 62.1 cm³/mol. The Hall–Kier alpha value is -1.49. The van der Waals surface area contributed by atoms with Crippen LogP contribution in [0.1, 0.15) is 32.5 Å². The third-order valence-corrected chi connectivity index (χ3v) is 3.43. The lowest BCUT2D eigenvalue weighted by Gasteiger charge is -2.27. The molecule has 2 aromatic heterocycles. The summed E-state index contributed by atoms with van der Waals surface area (Å²) in [6.45, 7) is 4.84. The van der Waals surface area contributed by atoms with Crippen LogP contribution in [0.15, 0.2) is 18.6 Å². The lowest BCUT2D eigenvalue weighted by Crippen LogP contribution is -2.36. The van der Waals surface area contributed by atoms with Gasteiger partial charge in [0.2, 0.25) is 0 Å². The van der Waals surface area contributed by atoms with E-state index >= 15 is 0 Å². The number of rotatable bonds is 4. The Labute approximate surface area is 94.7 Å². The van der Waals surface area contributed by atoms with Crippen LogP contribution in [0.4, 0.5) is 0 Å². The van der Waals surface area contributed by atoms with Gasteiger partial charge in [-0.2, -0.15) is 0 Å². The number of nitrogens with two attached hydrogens (primary N) is 1. The van der Waals surface area contributed by atoms with Gasteiger partial charge < -0.3 is 5.73 Å². The summed E-state index contributed by atoms with van der Waals surface area (Å²) in [5.41, 5.74) is 6.64. The van der Waals surface area contributed by atoms with E-state index in [4.69, 9.17) is 5.73 Å². The monoisotopic (exact) mass is 219 g/mol. The summed E-state index contributed by atoms with van der Waals surface area (Å²) in [5.74, 6) is 0.920. The lowest BCUT2D eigenvalue weighted by atomic mass is 9.81. The molecule has 0 saturated carbocycles. The molecule has 16 heavy (non-hydrogen) atoms. The first-order valence-corrected chi connectivity index (χ1v) is 5.62. The first-order valence-electron chi connectivity index (χ1n) is 5.62. The van der Waals surface area contributed by atoms with E-state index in [0.29, 0.717) is 6.54 Å². The third-order valence-electron chi connectivity index (χ3n) is 3.43. The van der Waals surface area contributed by atoms with Gasteiger partial charge in [0.15, 0.2) is 5.65 Å². The maximum absolute atomic E-state index is 5.91. The molecule has 2 aromatic rings. The van der Waals surface area contributed by atoms with Gasteiger partial charge in [0.1, 0.15) is 12.2 Å². The van der Waals surface area contributed by atoms with Crippen LogP contribution >= 0.6 is 0 Å². The van der Waals surface area contributed by atoms with Gasteiger partial charge in [0.25, 0.3) is 0 Å². The summed E-state index contributed by atoms with van der Waals surface area (Å²) >= 11 is 0. The molecule has 0 bridgehead atoms. The van der Waals surface area contributed by atoms with E-state index < -0.39 is 0 Å². The van der Waals surface area contributed by atoms with Crippen molar-refractivity contribution < 1.29 is 0 Å². The van der Waals surface area contributed by atoms with Gasteiger partial charge in [-0.1, -0.05) is 13.8 Å². The molecule has 0 saturated heterocycles. The van der Waals surface area contributed by atoms with Crippen molar-refractivity contribution in [1.29, 1.82) is 0 Å². The van der Waals surface area contributed by atoms with Crippen LogP contribution in [0, 0.1) is 0 Å². The number of hydrogen-bond acceptors (Lipinski definition) is 4. The maximum Gasteiger partial charge on any atom is 0.163 e. The summed E-state index contributed by atoms with van der Waals surface area (Å²) in [6.07, 6.45) is 5.38. The zero-order valence-corrected chi connectivity index (χ0v) is 9.72. The summed E-state index contributed by atoms with van der Waals surface area (Å²) in [4.78, 5) is 4.10. The highest BCUT2D eigenvalue weighted by atomic mass is 15.3. The van der Waals surface area contributed by atoms with Gasteiger partial charge in [-0.05, 0) is 12.8 Å². The SMILES string of the molecule is CCC(CC)(CN)c1nnc2ccncn12. The van der Waals surface area contributed by atoms with Crippen molar-refractivity contribution in [2.75, 3.05) is 6.54 Å². The molecule has 2 N–H and O–H groups in total. The van der Waals surface area contributed by atoms with Crippen LogP contribution in [0.2, 0.25) is 0 Å². The molecule has 0 atom stereocenters. The average molecular weight is 219 g/mol. The fourth-order valence-electron chi connectivity index (χ4n) is 2.05. The molecule has 0 spiro atoms. The lowest BCUT2D eigenvalue weighted by molar-refractivity contribution is 0.379. The van der Waals surface area contributed by atoms with Crippen LogP contribution < -0.4 is 5.73 Å². The Morgan fingerprint density at radius 3 is 2.69 bits per heavy atom. The fraction of sp³-hybridized carbons (Fsp3) is 0.545. The van der Waals surface area contributed by atoms with E-state index in [2.05, 4.69) is 29.0 Å². The first kappa shape index (κ1) is 11.0. The second kappa shape index (κ2) is 4.17. The molecule has 0 aliphatic rings. The predicted octanol–water partition coefficient (Wildman–Crippen LogP) is 1.14. The topological polar surface area (TPSA) is 69.1 Å². The van der Waals surface area contributed by atoms with Gasteiger partial charge in [0, 0.05) is 24.2 Å². The minimum Gasteiger partial charge on any atom is -0.329 e. The van der Waals surface area contributed by atoms with Crippen molar-refractivity contribution in [3.63, 3.8) is 0 Å². The van der Waals surface area contributed by atoms with Crippen LogP contribution in [0.25, 0.3) is 5.65 Å². The van der Waals surface area contributed by atoms with Crippen LogP contribution in [-0.4, -0.2) is 26.1 Å². The minimum absolute atomic E-state index is 0.0948. The molecule has 0 aliphatic carbocycles. The summed E-state index contributed by atoms with van der Waals surface area (Å²) in [6, 6.07) is 1.85. The summed E-state index contributed by atoms with van der Waals surface area (Å²) in [5, 5.41) is 8.42. The van der Waals surface area contributed by atoms with Crippen molar-refractivity contribution in [3.8, 4) is 0 Å². The Bertz CT molecular complexity index is 464. The van der Waals surface area contributed by atoms with Gasteiger partial charge in [-0.15, -0.1) is 10.2 Å². The highest BCUT2D eigenvalue weighted by Gasteiger charge is 2.31. The molecule has 0 radical (unpaired) electrons. The van der Waals surface area contributed by atoms with E-state index in [0.717, 1.165) is 24.3 Å². The van der Waals surface area contributed by atoms with Crippen molar-refractivity contribution in [1.82, 2.24) is 19.6 Å². The van der Waals surface area contributed by atoms with Crippen molar-refractivity contribution >= 4 is 5.65 Å². The smallest absolute Gasteiger partial charge is 0.163 e.